The zero-order valence-electron chi connectivity index (χ0n) is 28.1. The van der Waals surface area contributed by atoms with Gasteiger partial charge in [0.1, 0.15) is 8.07 Å². The Balaban J connectivity index is 1.21. The molecule has 3 nitrogen and oxygen atoms in total. The lowest BCUT2D eigenvalue weighted by Gasteiger charge is -2.22. The first-order chi connectivity index (χ1) is 23.8. The summed E-state index contributed by atoms with van der Waals surface area (Å²) in [4.78, 5) is 10.8. The van der Waals surface area contributed by atoms with Gasteiger partial charge in [-0.2, -0.15) is 0 Å². The highest BCUT2D eigenvalue weighted by Gasteiger charge is 2.42. The summed E-state index contributed by atoms with van der Waals surface area (Å²) in [5, 5.41) is 5.30. The predicted molar refractivity (Wildman–Crippen MR) is 207 cm³/mol. The Morgan fingerprint density at radius 2 is 1.22 bits per heavy atom. The normalized spacial score (nSPS) is 14.9. The summed E-state index contributed by atoms with van der Waals surface area (Å²) in [5.41, 5.74) is 14.5. The van der Waals surface area contributed by atoms with Gasteiger partial charge in [0.05, 0.1) is 22.4 Å². The molecule has 3 heterocycles. The highest BCUT2D eigenvalue weighted by atomic mass is 28.3. The summed E-state index contributed by atoms with van der Waals surface area (Å²) in [6.07, 6.45) is 0. The Morgan fingerprint density at radius 1 is 0.531 bits per heavy atom. The van der Waals surface area contributed by atoms with E-state index in [4.69, 9.17) is 9.97 Å². The molecule has 1 aliphatic heterocycles. The van der Waals surface area contributed by atoms with Crippen LogP contribution < -0.4 is 10.4 Å². The van der Waals surface area contributed by atoms with Crippen molar-refractivity contribution in [3.05, 3.63) is 151 Å². The Bertz CT molecular complexity index is 2660. The SMILES string of the molecule is CC1(C)c2ccccc2-c2cc3c4ccccc4n(-c4cccc(-c5nc(-c6ccccc6)c6c(n5)-c5ccccc5[Si]6(C)C)c4)c3cc21. The maximum atomic E-state index is 5.41. The molecule has 0 bridgehead atoms. The molecule has 4 heteroatoms. The lowest BCUT2D eigenvalue weighted by molar-refractivity contribution is 0.661. The molecule has 49 heavy (non-hydrogen) atoms. The van der Waals surface area contributed by atoms with E-state index in [2.05, 4.69) is 171 Å². The Hall–Kier alpha value is -5.58. The van der Waals surface area contributed by atoms with Gasteiger partial charge in [0.15, 0.2) is 5.82 Å². The summed E-state index contributed by atoms with van der Waals surface area (Å²) in [6.45, 7) is 9.59. The summed E-state index contributed by atoms with van der Waals surface area (Å²) in [5.74, 6) is 0.763. The number of rotatable bonds is 3. The maximum absolute atomic E-state index is 5.41. The smallest absolute Gasteiger partial charge is 0.160 e. The van der Waals surface area contributed by atoms with Crippen molar-refractivity contribution in [2.24, 2.45) is 0 Å². The molecule has 0 saturated carbocycles. The number of hydrogen-bond donors (Lipinski definition) is 0. The molecule has 0 unspecified atom stereocenters. The molecule has 0 amide bonds. The van der Waals surface area contributed by atoms with E-state index in [1.165, 1.54) is 60.0 Å². The molecule has 0 spiro atoms. The van der Waals surface area contributed by atoms with Crippen molar-refractivity contribution < 1.29 is 0 Å². The number of fused-ring (bicyclic) bond motifs is 9. The fraction of sp³-hybridized carbons (Fsp3) is 0.111. The quantitative estimate of drug-likeness (QED) is 0.179. The number of para-hydroxylation sites is 1. The zero-order chi connectivity index (χ0) is 33.1. The third-order valence-electron chi connectivity index (χ3n) is 11.2. The Morgan fingerprint density at radius 3 is 2.08 bits per heavy atom. The van der Waals surface area contributed by atoms with Crippen LogP contribution in [0.1, 0.15) is 25.0 Å². The van der Waals surface area contributed by atoms with Gasteiger partial charge in [0.2, 0.25) is 0 Å². The minimum atomic E-state index is -2.02. The number of benzene rings is 6. The molecule has 0 fully saturated rings. The molecule has 6 aromatic carbocycles. The predicted octanol–water partition coefficient (Wildman–Crippen LogP) is 10.0. The third-order valence-corrected chi connectivity index (χ3v) is 14.7. The minimum Gasteiger partial charge on any atom is -0.309 e. The average molecular weight is 646 g/mol. The van der Waals surface area contributed by atoms with Crippen LogP contribution in [0.2, 0.25) is 13.1 Å². The van der Waals surface area contributed by atoms with E-state index in [9.17, 15) is 0 Å². The van der Waals surface area contributed by atoms with E-state index in [0.29, 0.717) is 0 Å². The van der Waals surface area contributed by atoms with Crippen molar-refractivity contribution in [1.82, 2.24) is 14.5 Å². The lowest BCUT2D eigenvalue weighted by Crippen LogP contribution is -2.50. The van der Waals surface area contributed by atoms with Crippen LogP contribution in [0.15, 0.2) is 140 Å². The standard InChI is InChI=1S/C45H35N3Si/c1-45(2)36-22-11-8-19-31(36)34-26-35-32-20-9-12-23-38(32)48(39(35)27-37(34)45)30-18-14-17-29(25-30)44-46-41(28-15-6-5-7-16-28)43-42(47-44)33-21-10-13-24-40(33)49(43,3)4/h5-27H,1-4H3. The molecule has 2 aromatic heterocycles. The van der Waals surface area contributed by atoms with Gasteiger partial charge in [-0.1, -0.05) is 136 Å². The zero-order valence-corrected chi connectivity index (χ0v) is 29.1. The Kier molecular flexibility index (Phi) is 5.79. The molecule has 0 N–H and O–H groups in total. The van der Waals surface area contributed by atoms with E-state index in [0.717, 1.165) is 34.0 Å². The van der Waals surface area contributed by atoms with Crippen LogP contribution in [0, 0.1) is 0 Å². The first kappa shape index (κ1) is 28.4. The van der Waals surface area contributed by atoms with Crippen molar-refractivity contribution in [3.8, 4) is 50.7 Å². The van der Waals surface area contributed by atoms with Crippen molar-refractivity contribution in [3.63, 3.8) is 0 Å². The molecule has 10 rings (SSSR count). The molecule has 2 aliphatic rings. The number of hydrogen-bond acceptors (Lipinski definition) is 2. The largest absolute Gasteiger partial charge is 0.309 e. The molecular formula is C45H35N3Si. The van der Waals surface area contributed by atoms with Crippen molar-refractivity contribution in [2.45, 2.75) is 32.4 Å². The fourth-order valence-electron chi connectivity index (χ4n) is 8.78. The molecule has 234 valence electrons. The van der Waals surface area contributed by atoms with Gasteiger partial charge in [-0.25, -0.2) is 9.97 Å². The van der Waals surface area contributed by atoms with E-state index in [1.54, 1.807) is 0 Å². The summed E-state index contributed by atoms with van der Waals surface area (Å²) >= 11 is 0. The summed E-state index contributed by atoms with van der Waals surface area (Å²) in [6, 6.07) is 50.9. The minimum absolute atomic E-state index is 0.0806. The lowest BCUT2D eigenvalue weighted by atomic mass is 9.82. The molecule has 8 aromatic rings. The monoisotopic (exact) mass is 645 g/mol. The van der Waals surface area contributed by atoms with Gasteiger partial charge in [0, 0.05) is 33.0 Å². The maximum Gasteiger partial charge on any atom is 0.160 e. The molecular weight excluding hydrogens is 611 g/mol. The molecule has 1 aliphatic carbocycles. The van der Waals surface area contributed by atoms with Gasteiger partial charge in [-0.05, 0) is 68.5 Å². The van der Waals surface area contributed by atoms with Gasteiger partial charge in [-0.3, -0.25) is 0 Å². The number of aromatic nitrogens is 3. The molecule has 0 saturated heterocycles. The second-order valence-corrected chi connectivity index (χ2v) is 18.9. The van der Waals surface area contributed by atoms with Crippen LogP contribution in [0.3, 0.4) is 0 Å². The first-order valence-corrected chi connectivity index (χ1v) is 20.2. The van der Waals surface area contributed by atoms with E-state index >= 15 is 0 Å². The van der Waals surface area contributed by atoms with Crippen LogP contribution in [0.25, 0.3) is 72.5 Å². The second-order valence-electron chi connectivity index (χ2n) is 14.6. The number of nitrogens with zero attached hydrogens (tertiary/aromatic N) is 3. The third kappa shape index (κ3) is 3.89. The molecule has 0 radical (unpaired) electrons. The van der Waals surface area contributed by atoms with Crippen molar-refractivity contribution >= 4 is 40.3 Å². The fourth-order valence-corrected chi connectivity index (χ4v) is 12.0. The first-order valence-electron chi connectivity index (χ1n) is 17.2. The summed E-state index contributed by atoms with van der Waals surface area (Å²) in [7, 11) is -2.02. The Labute approximate surface area is 287 Å². The summed E-state index contributed by atoms with van der Waals surface area (Å²) < 4.78 is 2.43. The van der Waals surface area contributed by atoms with E-state index in [-0.39, 0.29) is 5.41 Å². The van der Waals surface area contributed by atoms with Gasteiger partial charge >= 0.3 is 0 Å². The van der Waals surface area contributed by atoms with Crippen LogP contribution in [-0.4, -0.2) is 22.6 Å². The van der Waals surface area contributed by atoms with Gasteiger partial charge in [-0.15, -0.1) is 0 Å². The van der Waals surface area contributed by atoms with E-state index < -0.39 is 8.07 Å². The van der Waals surface area contributed by atoms with Crippen molar-refractivity contribution in [2.75, 3.05) is 0 Å². The highest BCUT2D eigenvalue weighted by molar-refractivity contribution is 7.04. The van der Waals surface area contributed by atoms with Gasteiger partial charge in [0.25, 0.3) is 0 Å². The van der Waals surface area contributed by atoms with E-state index in [1.807, 2.05) is 0 Å². The van der Waals surface area contributed by atoms with Crippen LogP contribution in [-0.2, 0) is 5.41 Å². The average Bonchev–Trinajstić information content (AvgIpc) is 3.68. The van der Waals surface area contributed by atoms with Crippen LogP contribution >= 0.6 is 0 Å². The molecule has 0 atom stereocenters. The highest BCUT2D eigenvalue weighted by Crippen LogP contribution is 2.51. The van der Waals surface area contributed by atoms with Crippen LogP contribution in [0.5, 0.6) is 0 Å². The van der Waals surface area contributed by atoms with Gasteiger partial charge < -0.3 is 4.57 Å². The van der Waals surface area contributed by atoms with Crippen LogP contribution in [0.4, 0.5) is 0 Å². The topological polar surface area (TPSA) is 30.7 Å². The van der Waals surface area contributed by atoms with Crippen molar-refractivity contribution in [1.29, 1.82) is 0 Å². The second kappa shape index (κ2) is 9.97.